The van der Waals surface area contributed by atoms with Crippen LogP contribution in [0.4, 0.5) is 0 Å². The number of nitrogens with one attached hydrogen (secondary N) is 1. The largest absolute Gasteiger partial charge is 0.497 e. The van der Waals surface area contributed by atoms with Crippen LogP contribution in [0.3, 0.4) is 0 Å². The quantitative estimate of drug-likeness (QED) is 0.699. The average molecular weight is 385 g/mol. The third-order valence-electron chi connectivity index (χ3n) is 4.43. The first-order chi connectivity index (χ1) is 13.3. The molecule has 0 radical (unpaired) electrons. The first-order valence-electron chi connectivity index (χ1n) is 9.14. The number of amides is 1. The van der Waals surface area contributed by atoms with E-state index in [1.165, 1.54) is 0 Å². The Morgan fingerprint density at radius 1 is 0.964 bits per heavy atom. The minimum Gasteiger partial charge on any atom is -0.497 e. The predicted octanol–water partition coefficient (Wildman–Crippen LogP) is 3.86. The molecular formula is C22H27NO5. The summed E-state index contributed by atoms with van der Waals surface area (Å²) in [5.74, 6) is 0.747. The molecule has 0 fully saturated rings. The van der Waals surface area contributed by atoms with Crippen LogP contribution in [0, 0.1) is 0 Å². The summed E-state index contributed by atoms with van der Waals surface area (Å²) in [6.07, 6.45) is 0. The Hall–Kier alpha value is -3.02. The van der Waals surface area contributed by atoms with Crippen LogP contribution >= 0.6 is 0 Å². The van der Waals surface area contributed by atoms with Crippen LogP contribution in [-0.4, -0.2) is 32.7 Å². The number of ether oxygens (including phenoxy) is 3. The minimum atomic E-state index is -0.530. The Morgan fingerprint density at radius 2 is 1.64 bits per heavy atom. The van der Waals surface area contributed by atoms with Gasteiger partial charge in [-0.05, 0) is 48.7 Å². The SMILES string of the molecule is COc1ccc(OC)c(C(C)NC(=O)COC(=O)c2ccc(C(C)C)cc2)c1. The van der Waals surface area contributed by atoms with Gasteiger partial charge in [-0.15, -0.1) is 0 Å². The maximum atomic E-state index is 12.2. The van der Waals surface area contributed by atoms with E-state index in [2.05, 4.69) is 19.2 Å². The Balaban J connectivity index is 1.94. The Labute approximate surface area is 165 Å². The molecule has 6 heteroatoms. The van der Waals surface area contributed by atoms with E-state index in [0.717, 1.165) is 11.1 Å². The van der Waals surface area contributed by atoms with Crippen molar-refractivity contribution in [3.8, 4) is 11.5 Å². The fourth-order valence-electron chi connectivity index (χ4n) is 2.76. The summed E-state index contributed by atoms with van der Waals surface area (Å²) in [6, 6.07) is 12.2. The fraction of sp³-hybridized carbons (Fsp3) is 0.364. The number of hydrogen-bond donors (Lipinski definition) is 1. The van der Waals surface area contributed by atoms with Gasteiger partial charge in [0.2, 0.25) is 0 Å². The van der Waals surface area contributed by atoms with Gasteiger partial charge in [-0.3, -0.25) is 4.79 Å². The summed E-state index contributed by atoms with van der Waals surface area (Å²) in [6.45, 7) is 5.62. The molecule has 150 valence electrons. The Kier molecular flexibility index (Phi) is 7.44. The molecule has 1 amide bonds. The van der Waals surface area contributed by atoms with Crippen LogP contribution in [0.2, 0.25) is 0 Å². The molecule has 6 nitrogen and oxygen atoms in total. The zero-order valence-corrected chi connectivity index (χ0v) is 16.9. The van der Waals surface area contributed by atoms with Crippen molar-refractivity contribution in [1.29, 1.82) is 0 Å². The minimum absolute atomic E-state index is 0.346. The van der Waals surface area contributed by atoms with E-state index >= 15 is 0 Å². The Bertz CT molecular complexity index is 814. The van der Waals surface area contributed by atoms with E-state index in [1.54, 1.807) is 44.6 Å². The second-order valence-electron chi connectivity index (χ2n) is 6.75. The first-order valence-corrected chi connectivity index (χ1v) is 9.14. The zero-order chi connectivity index (χ0) is 20.7. The van der Waals surface area contributed by atoms with Gasteiger partial charge in [-0.1, -0.05) is 26.0 Å². The number of carbonyl (C=O) groups excluding carboxylic acids is 2. The molecule has 1 atom stereocenters. The molecule has 0 aliphatic carbocycles. The normalized spacial score (nSPS) is 11.6. The maximum Gasteiger partial charge on any atom is 0.338 e. The number of carbonyl (C=O) groups is 2. The molecular weight excluding hydrogens is 358 g/mol. The van der Waals surface area contributed by atoms with Gasteiger partial charge in [-0.25, -0.2) is 4.79 Å². The van der Waals surface area contributed by atoms with Crippen molar-refractivity contribution in [3.05, 3.63) is 59.2 Å². The highest BCUT2D eigenvalue weighted by Crippen LogP contribution is 2.29. The third kappa shape index (κ3) is 5.49. The predicted molar refractivity (Wildman–Crippen MR) is 107 cm³/mol. The molecule has 1 N–H and O–H groups in total. The number of hydrogen-bond acceptors (Lipinski definition) is 5. The third-order valence-corrected chi connectivity index (χ3v) is 4.43. The number of methoxy groups -OCH3 is 2. The highest BCUT2D eigenvalue weighted by molar-refractivity contribution is 5.91. The number of benzene rings is 2. The van der Waals surface area contributed by atoms with Crippen LogP contribution < -0.4 is 14.8 Å². The smallest absolute Gasteiger partial charge is 0.338 e. The molecule has 0 aliphatic heterocycles. The molecule has 0 saturated carbocycles. The summed E-state index contributed by atoms with van der Waals surface area (Å²) in [5.41, 5.74) is 2.32. The topological polar surface area (TPSA) is 73.9 Å². The Morgan fingerprint density at radius 3 is 2.21 bits per heavy atom. The van der Waals surface area contributed by atoms with Gasteiger partial charge >= 0.3 is 5.97 Å². The van der Waals surface area contributed by atoms with Gasteiger partial charge in [-0.2, -0.15) is 0 Å². The van der Waals surface area contributed by atoms with Crippen molar-refractivity contribution in [2.45, 2.75) is 32.7 Å². The molecule has 28 heavy (non-hydrogen) atoms. The summed E-state index contributed by atoms with van der Waals surface area (Å²) >= 11 is 0. The molecule has 0 bridgehead atoms. The van der Waals surface area contributed by atoms with E-state index in [1.807, 2.05) is 19.1 Å². The average Bonchev–Trinajstić information content (AvgIpc) is 2.71. The second kappa shape index (κ2) is 9.78. The number of esters is 1. The highest BCUT2D eigenvalue weighted by Gasteiger charge is 2.17. The fourth-order valence-corrected chi connectivity index (χ4v) is 2.76. The number of rotatable bonds is 8. The van der Waals surface area contributed by atoms with E-state index in [-0.39, 0.29) is 12.6 Å². The standard InChI is InChI=1S/C22H27NO5/c1-14(2)16-6-8-17(9-7-16)22(25)28-13-21(24)23-15(3)19-12-18(26-4)10-11-20(19)27-5/h6-12,14-15H,13H2,1-5H3,(H,23,24). The van der Waals surface area contributed by atoms with Crippen molar-refractivity contribution >= 4 is 11.9 Å². The van der Waals surface area contributed by atoms with Gasteiger partial charge in [0, 0.05) is 5.56 Å². The summed E-state index contributed by atoms with van der Waals surface area (Å²) in [7, 11) is 3.13. The highest BCUT2D eigenvalue weighted by atomic mass is 16.5. The molecule has 0 saturated heterocycles. The molecule has 0 heterocycles. The lowest BCUT2D eigenvalue weighted by Crippen LogP contribution is -2.31. The van der Waals surface area contributed by atoms with Crippen molar-refractivity contribution in [1.82, 2.24) is 5.32 Å². The summed E-state index contributed by atoms with van der Waals surface area (Å²) < 4.78 is 15.7. The van der Waals surface area contributed by atoms with E-state index in [9.17, 15) is 9.59 Å². The summed E-state index contributed by atoms with van der Waals surface area (Å²) in [5, 5.41) is 2.80. The second-order valence-corrected chi connectivity index (χ2v) is 6.75. The van der Waals surface area contributed by atoms with Crippen LogP contribution in [0.5, 0.6) is 11.5 Å². The molecule has 2 aromatic carbocycles. The van der Waals surface area contributed by atoms with Crippen LogP contribution in [-0.2, 0) is 9.53 Å². The lowest BCUT2D eigenvalue weighted by Gasteiger charge is -2.18. The maximum absolute atomic E-state index is 12.2. The van der Waals surface area contributed by atoms with Crippen molar-refractivity contribution < 1.29 is 23.8 Å². The molecule has 0 spiro atoms. The monoisotopic (exact) mass is 385 g/mol. The lowest BCUT2D eigenvalue weighted by atomic mass is 10.0. The van der Waals surface area contributed by atoms with Gasteiger partial charge < -0.3 is 19.5 Å². The van der Waals surface area contributed by atoms with Crippen molar-refractivity contribution in [3.63, 3.8) is 0 Å². The van der Waals surface area contributed by atoms with Crippen LogP contribution in [0.15, 0.2) is 42.5 Å². The zero-order valence-electron chi connectivity index (χ0n) is 16.9. The molecule has 2 rings (SSSR count). The molecule has 0 aliphatic rings. The summed E-state index contributed by atoms with van der Waals surface area (Å²) in [4.78, 5) is 24.3. The first kappa shape index (κ1) is 21.3. The van der Waals surface area contributed by atoms with E-state index < -0.39 is 11.9 Å². The van der Waals surface area contributed by atoms with Crippen LogP contribution in [0.1, 0.15) is 54.2 Å². The van der Waals surface area contributed by atoms with E-state index in [4.69, 9.17) is 14.2 Å². The van der Waals surface area contributed by atoms with Gasteiger partial charge in [0.15, 0.2) is 6.61 Å². The van der Waals surface area contributed by atoms with Crippen molar-refractivity contribution in [2.75, 3.05) is 20.8 Å². The van der Waals surface area contributed by atoms with Crippen LogP contribution in [0.25, 0.3) is 0 Å². The molecule has 2 aromatic rings. The molecule has 0 aromatic heterocycles. The van der Waals surface area contributed by atoms with Gasteiger partial charge in [0.05, 0.1) is 25.8 Å². The van der Waals surface area contributed by atoms with Crippen molar-refractivity contribution in [2.24, 2.45) is 0 Å². The molecule has 1 unspecified atom stereocenters. The van der Waals surface area contributed by atoms with Gasteiger partial charge in [0.1, 0.15) is 11.5 Å². The van der Waals surface area contributed by atoms with Gasteiger partial charge in [0.25, 0.3) is 5.91 Å². The van der Waals surface area contributed by atoms with E-state index in [0.29, 0.717) is 23.0 Å². The lowest BCUT2D eigenvalue weighted by molar-refractivity contribution is -0.124.